The summed E-state index contributed by atoms with van der Waals surface area (Å²) in [6.07, 6.45) is 0. The average molecular weight is 196 g/mol. The van der Waals surface area contributed by atoms with E-state index in [-0.39, 0.29) is 0 Å². The maximum absolute atomic E-state index is 5.41. The minimum Gasteiger partial charge on any atom is -0.491 e. The van der Waals surface area contributed by atoms with Gasteiger partial charge >= 0.3 is 0 Å². The fourth-order valence-electron chi connectivity index (χ4n) is 1.06. The minimum absolute atomic E-state index is 0.395. The molecular weight excluding hydrogens is 180 g/mol. The van der Waals surface area contributed by atoms with Crippen molar-refractivity contribution in [2.24, 2.45) is 5.90 Å². The van der Waals surface area contributed by atoms with Crippen molar-refractivity contribution in [1.29, 1.82) is 0 Å². The second kappa shape index (κ2) is 5.47. The van der Waals surface area contributed by atoms with Crippen LogP contribution in [0.5, 0.6) is 5.75 Å². The number of rotatable bonds is 5. The van der Waals surface area contributed by atoms with Crippen molar-refractivity contribution in [3.05, 3.63) is 24.3 Å². The topological polar surface area (TPSA) is 47.7 Å². The Hall–Kier alpha value is -1.26. The lowest BCUT2D eigenvalue weighted by molar-refractivity contribution is 0.102. The summed E-state index contributed by atoms with van der Waals surface area (Å²) < 4.78 is 5.41. The lowest BCUT2D eigenvalue weighted by Gasteiger charge is -2.13. The van der Waals surface area contributed by atoms with E-state index in [1.54, 1.807) is 0 Å². The smallest absolute Gasteiger partial charge is 0.121 e. The fraction of sp³-hybridized carbons (Fsp3) is 0.400. The molecule has 0 radical (unpaired) electrons. The zero-order valence-corrected chi connectivity index (χ0v) is 8.56. The van der Waals surface area contributed by atoms with E-state index in [1.807, 2.05) is 43.3 Å². The van der Waals surface area contributed by atoms with Crippen LogP contribution in [0, 0.1) is 0 Å². The summed E-state index contributed by atoms with van der Waals surface area (Å²) in [6, 6.07) is 7.85. The molecule has 0 saturated carbocycles. The van der Waals surface area contributed by atoms with Crippen molar-refractivity contribution in [2.75, 3.05) is 32.2 Å². The number of hydrogen-bond donors (Lipinski definition) is 1. The molecule has 4 heteroatoms. The molecule has 0 spiro atoms. The van der Waals surface area contributed by atoms with Crippen LogP contribution in [-0.2, 0) is 4.84 Å². The van der Waals surface area contributed by atoms with E-state index in [9.17, 15) is 0 Å². The Balaban J connectivity index is 2.55. The molecule has 1 aromatic carbocycles. The van der Waals surface area contributed by atoms with Gasteiger partial charge in [-0.25, -0.2) is 5.90 Å². The van der Waals surface area contributed by atoms with Crippen molar-refractivity contribution in [3.8, 4) is 5.75 Å². The highest BCUT2D eigenvalue weighted by molar-refractivity contribution is 5.49. The summed E-state index contributed by atoms with van der Waals surface area (Å²) in [6.45, 7) is 0.861. The van der Waals surface area contributed by atoms with E-state index in [4.69, 9.17) is 10.6 Å². The van der Waals surface area contributed by atoms with Gasteiger partial charge in [0.25, 0.3) is 0 Å². The van der Waals surface area contributed by atoms with Crippen LogP contribution in [0.25, 0.3) is 0 Å². The zero-order valence-electron chi connectivity index (χ0n) is 8.56. The van der Waals surface area contributed by atoms with E-state index in [0.29, 0.717) is 13.2 Å². The van der Waals surface area contributed by atoms with Crippen LogP contribution in [0.1, 0.15) is 0 Å². The van der Waals surface area contributed by atoms with Crippen molar-refractivity contribution < 1.29 is 9.57 Å². The van der Waals surface area contributed by atoms with Gasteiger partial charge in [-0.1, -0.05) is 6.07 Å². The average Bonchev–Trinajstić information content (AvgIpc) is 2.19. The molecule has 14 heavy (non-hydrogen) atoms. The van der Waals surface area contributed by atoms with E-state index >= 15 is 0 Å². The largest absolute Gasteiger partial charge is 0.491 e. The third-order valence-corrected chi connectivity index (χ3v) is 1.80. The van der Waals surface area contributed by atoms with Gasteiger partial charge < -0.3 is 14.5 Å². The highest BCUT2D eigenvalue weighted by atomic mass is 16.6. The normalized spacial score (nSPS) is 9.93. The van der Waals surface area contributed by atoms with Crippen molar-refractivity contribution in [1.82, 2.24) is 0 Å². The third-order valence-electron chi connectivity index (χ3n) is 1.80. The second-order valence-corrected chi connectivity index (χ2v) is 3.11. The molecule has 0 amide bonds. The highest BCUT2D eigenvalue weighted by Crippen LogP contribution is 2.18. The van der Waals surface area contributed by atoms with Crippen molar-refractivity contribution >= 4 is 5.69 Å². The SMILES string of the molecule is CN(C)c1cccc(OCCON)c1. The van der Waals surface area contributed by atoms with E-state index in [1.165, 1.54) is 0 Å². The molecule has 1 rings (SSSR count). The molecule has 0 aromatic heterocycles. The monoisotopic (exact) mass is 196 g/mol. The Morgan fingerprint density at radius 2 is 2.07 bits per heavy atom. The van der Waals surface area contributed by atoms with Crippen LogP contribution in [0.2, 0.25) is 0 Å². The lowest BCUT2D eigenvalue weighted by atomic mass is 10.3. The van der Waals surface area contributed by atoms with Gasteiger partial charge in [0, 0.05) is 25.8 Å². The van der Waals surface area contributed by atoms with Crippen LogP contribution >= 0.6 is 0 Å². The molecule has 0 saturated heterocycles. The maximum Gasteiger partial charge on any atom is 0.121 e. The standard InChI is InChI=1S/C10H16N2O2/c1-12(2)9-4-3-5-10(8-9)13-6-7-14-11/h3-5,8H,6-7,11H2,1-2H3. The van der Waals surface area contributed by atoms with Gasteiger partial charge in [0.2, 0.25) is 0 Å². The molecule has 0 fully saturated rings. The minimum atomic E-state index is 0.395. The second-order valence-electron chi connectivity index (χ2n) is 3.11. The molecule has 2 N–H and O–H groups in total. The Morgan fingerprint density at radius 1 is 1.29 bits per heavy atom. The first-order valence-electron chi connectivity index (χ1n) is 4.46. The summed E-state index contributed by atoms with van der Waals surface area (Å²) in [5.74, 6) is 5.71. The predicted molar refractivity (Wildman–Crippen MR) is 56.4 cm³/mol. The lowest BCUT2D eigenvalue weighted by Crippen LogP contribution is -2.11. The summed E-state index contributed by atoms with van der Waals surface area (Å²) >= 11 is 0. The van der Waals surface area contributed by atoms with E-state index in [2.05, 4.69) is 4.84 Å². The molecule has 0 aliphatic heterocycles. The van der Waals surface area contributed by atoms with Gasteiger partial charge in [0.15, 0.2) is 0 Å². The zero-order chi connectivity index (χ0) is 10.4. The van der Waals surface area contributed by atoms with Crippen LogP contribution in [-0.4, -0.2) is 27.3 Å². The summed E-state index contributed by atoms with van der Waals surface area (Å²) in [4.78, 5) is 6.43. The molecule has 0 unspecified atom stereocenters. The molecule has 1 aromatic rings. The molecular formula is C10H16N2O2. The molecule has 4 nitrogen and oxygen atoms in total. The van der Waals surface area contributed by atoms with E-state index in [0.717, 1.165) is 11.4 Å². The predicted octanol–water partition coefficient (Wildman–Crippen LogP) is 1.02. The quantitative estimate of drug-likeness (QED) is 0.564. The van der Waals surface area contributed by atoms with Gasteiger partial charge in [0.05, 0.1) is 0 Å². The van der Waals surface area contributed by atoms with Crippen LogP contribution in [0.4, 0.5) is 5.69 Å². The number of nitrogens with two attached hydrogens (primary N) is 1. The summed E-state index contributed by atoms with van der Waals surface area (Å²) in [5.41, 5.74) is 1.11. The first-order chi connectivity index (χ1) is 6.74. The number of nitrogens with zero attached hydrogens (tertiary/aromatic N) is 1. The number of anilines is 1. The number of benzene rings is 1. The molecule has 0 aliphatic carbocycles. The Kier molecular flexibility index (Phi) is 4.22. The van der Waals surface area contributed by atoms with Crippen molar-refractivity contribution in [3.63, 3.8) is 0 Å². The van der Waals surface area contributed by atoms with Crippen molar-refractivity contribution in [2.45, 2.75) is 0 Å². The molecule has 0 aliphatic rings. The van der Waals surface area contributed by atoms with E-state index < -0.39 is 0 Å². The molecule has 0 atom stereocenters. The summed E-state index contributed by atoms with van der Waals surface area (Å²) in [5, 5.41) is 0. The van der Waals surface area contributed by atoms with Gasteiger partial charge in [-0.15, -0.1) is 0 Å². The number of ether oxygens (including phenoxy) is 1. The summed E-state index contributed by atoms with van der Waals surface area (Å²) in [7, 11) is 3.98. The van der Waals surface area contributed by atoms with Crippen LogP contribution in [0.15, 0.2) is 24.3 Å². The molecule has 78 valence electrons. The fourth-order valence-corrected chi connectivity index (χ4v) is 1.06. The maximum atomic E-state index is 5.41. The first kappa shape index (κ1) is 10.8. The molecule has 0 heterocycles. The highest BCUT2D eigenvalue weighted by Gasteiger charge is 1.97. The number of hydrogen-bond acceptors (Lipinski definition) is 4. The first-order valence-corrected chi connectivity index (χ1v) is 4.46. The Bertz CT molecular complexity index is 277. The van der Waals surface area contributed by atoms with Gasteiger partial charge in [-0.2, -0.15) is 0 Å². The Labute approximate surface area is 84.2 Å². The van der Waals surface area contributed by atoms with Gasteiger partial charge in [-0.05, 0) is 12.1 Å². The van der Waals surface area contributed by atoms with Gasteiger partial charge in [0.1, 0.15) is 19.0 Å². The molecule has 0 bridgehead atoms. The Morgan fingerprint density at radius 3 is 2.71 bits per heavy atom. The van der Waals surface area contributed by atoms with Gasteiger partial charge in [-0.3, -0.25) is 0 Å². The van der Waals surface area contributed by atoms with Crippen LogP contribution < -0.4 is 15.5 Å². The third kappa shape index (κ3) is 3.24. The van der Waals surface area contributed by atoms with Crippen LogP contribution in [0.3, 0.4) is 0 Å².